The van der Waals surface area contributed by atoms with Crippen molar-refractivity contribution in [2.45, 2.75) is 65.1 Å². The van der Waals surface area contributed by atoms with E-state index in [1.807, 2.05) is 20.8 Å². The Labute approximate surface area is 120 Å². The van der Waals surface area contributed by atoms with E-state index in [1.54, 1.807) is 6.08 Å². The van der Waals surface area contributed by atoms with Crippen LogP contribution >= 0.6 is 0 Å². The molecule has 2 rings (SSSR count). The number of ether oxygens (including phenoxy) is 1. The van der Waals surface area contributed by atoms with Crippen LogP contribution in [0.15, 0.2) is 11.6 Å². The molecule has 0 bridgehead atoms. The molecule has 2 aliphatic carbocycles. The Morgan fingerprint density at radius 2 is 2.10 bits per heavy atom. The standard InChI is InChI=1S/C16H24O4/c1-15(2,3)20-13-7-5-6-10-8-12(17)11(14(18)19)9-16(10,13)4/h8,11,13H,5-7,9H2,1-4H3,(H,18,19). The largest absolute Gasteiger partial charge is 0.481 e. The summed E-state index contributed by atoms with van der Waals surface area (Å²) in [4.78, 5) is 23.2. The summed E-state index contributed by atoms with van der Waals surface area (Å²) >= 11 is 0. The highest BCUT2D eigenvalue weighted by Gasteiger charge is 2.49. The normalized spacial score (nSPS) is 34.4. The third-order valence-electron chi connectivity index (χ3n) is 4.44. The fourth-order valence-electron chi connectivity index (χ4n) is 3.41. The first-order valence-electron chi connectivity index (χ1n) is 7.29. The second-order valence-corrected chi connectivity index (χ2v) is 7.20. The second kappa shape index (κ2) is 4.99. The number of aliphatic carboxylic acids is 1. The molecule has 0 heterocycles. The number of hydrogen-bond donors (Lipinski definition) is 1. The quantitative estimate of drug-likeness (QED) is 0.790. The molecule has 112 valence electrons. The first kappa shape index (κ1) is 15.2. The van der Waals surface area contributed by atoms with Gasteiger partial charge in [-0.25, -0.2) is 0 Å². The number of allylic oxidation sites excluding steroid dienone is 1. The highest BCUT2D eigenvalue weighted by molar-refractivity contribution is 6.05. The van der Waals surface area contributed by atoms with Crippen molar-refractivity contribution < 1.29 is 19.4 Å². The molecule has 1 saturated carbocycles. The number of carboxylic acids is 1. The topological polar surface area (TPSA) is 63.6 Å². The fraction of sp³-hybridized carbons (Fsp3) is 0.750. The number of carbonyl (C=O) groups is 2. The molecule has 0 aliphatic heterocycles. The van der Waals surface area contributed by atoms with Gasteiger partial charge in [-0.05, 0) is 52.5 Å². The van der Waals surface area contributed by atoms with Crippen LogP contribution in [-0.2, 0) is 14.3 Å². The van der Waals surface area contributed by atoms with Crippen molar-refractivity contribution in [2.24, 2.45) is 11.3 Å². The number of rotatable bonds is 2. The minimum Gasteiger partial charge on any atom is -0.481 e. The summed E-state index contributed by atoms with van der Waals surface area (Å²) in [6.45, 7) is 8.09. The van der Waals surface area contributed by atoms with Crippen LogP contribution in [0.3, 0.4) is 0 Å². The Balaban J connectivity index is 2.34. The molecule has 0 radical (unpaired) electrons. The summed E-state index contributed by atoms with van der Waals surface area (Å²) < 4.78 is 6.17. The van der Waals surface area contributed by atoms with Gasteiger partial charge in [0.15, 0.2) is 5.78 Å². The van der Waals surface area contributed by atoms with Crippen molar-refractivity contribution in [3.05, 3.63) is 11.6 Å². The van der Waals surface area contributed by atoms with Crippen molar-refractivity contribution in [2.75, 3.05) is 0 Å². The molecule has 0 aromatic rings. The maximum Gasteiger partial charge on any atom is 0.314 e. The molecule has 20 heavy (non-hydrogen) atoms. The lowest BCUT2D eigenvalue weighted by atomic mass is 9.61. The van der Waals surface area contributed by atoms with Gasteiger partial charge in [0.05, 0.1) is 11.7 Å². The van der Waals surface area contributed by atoms with Gasteiger partial charge in [-0.3, -0.25) is 9.59 Å². The van der Waals surface area contributed by atoms with Crippen LogP contribution in [0.2, 0.25) is 0 Å². The number of carbonyl (C=O) groups excluding carboxylic acids is 1. The predicted octanol–water partition coefficient (Wildman–Crippen LogP) is 2.96. The Hall–Kier alpha value is -1.16. The number of ketones is 1. The summed E-state index contributed by atoms with van der Waals surface area (Å²) in [5.41, 5.74) is 0.471. The highest BCUT2D eigenvalue weighted by atomic mass is 16.5. The zero-order chi connectivity index (χ0) is 15.1. The lowest BCUT2D eigenvalue weighted by Gasteiger charge is -2.48. The molecule has 1 fully saturated rings. The molecular weight excluding hydrogens is 256 g/mol. The van der Waals surface area contributed by atoms with Crippen LogP contribution in [0.25, 0.3) is 0 Å². The van der Waals surface area contributed by atoms with Gasteiger partial charge in [0, 0.05) is 5.41 Å². The van der Waals surface area contributed by atoms with Gasteiger partial charge in [0.1, 0.15) is 5.92 Å². The molecule has 0 amide bonds. The number of fused-ring (bicyclic) bond motifs is 1. The van der Waals surface area contributed by atoms with E-state index in [0.717, 1.165) is 24.8 Å². The van der Waals surface area contributed by atoms with Crippen LogP contribution < -0.4 is 0 Å². The second-order valence-electron chi connectivity index (χ2n) is 7.20. The molecule has 0 aromatic carbocycles. The lowest BCUT2D eigenvalue weighted by molar-refractivity contribution is -0.152. The van der Waals surface area contributed by atoms with E-state index >= 15 is 0 Å². The fourth-order valence-corrected chi connectivity index (χ4v) is 3.41. The average Bonchev–Trinajstić information content (AvgIpc) is 2.29. The third-order valence-corrected chi connectivity index (χ3v) is 4.44. The molecule has 4 heteroatoms. The highest BCUT2D eigenvalue weighted by Crippen LogP contribution is 2.50. The maximum atomic E-state index is 11.9. The van der Waals surface area contributed by atoms with Crippen LogP contribution in [0.4, 0.5) is 0 Å². The van der Waals surface area contributed by atoms with E-state index in [0.29, 0.717) is 6.42 Å². The van der Waals surface area contributed by atoms with Crippen molar-refractivity contribution in [1.82, 2.24) is 0 Å². The minimum atomic E-state index is -1.02. The first-order valence-corrected chi connectivity index (χ1v) is 7.29. The maximum absolute atomic E-state index is 11.9. The summed E-state index contributed by atoms with van der Waals surface area (Å²) in [7, 11) is 0. The molecule has 4 nitrogen and oxygen atoms in total. The zero-order valence-corrected chi connectivity index (χ0v) is 12.7. The van der Waals surface area contributed by atoms with E-state index in [4.69, 9.17) is 4.74 Å². The molecule has 3 atom stereocenters. The van der Waals surface area contributed by atoms with E-state index in [2.05, 4.69) is 6.92 Å². The summed E-state index contributed by atoms with van der Waals surface area (Å²) in [6, 6.07) is 0. The molecule has 0 spiro atoms. The summed E-state index contributed by atoms with van der Waals surface area (Å²) in [6.07, 6.45) is 4.70. The number of carboxylic acid groups (broad SMARTS) is 1. The first-order chi connectivity index (χ1) is 9.13. The average molecular weight is 280 g/mol. The van der Waals surface area contributed by atoms with Gasteiger partial charge >= 0.3 is 5.97 Å². The molecule has 1 N–H and O–H groups in total. The Morgan fingerprint density at radius 3 is 2.65 bits per heavy atom. The van der Waals surface area contributed by atoms with Crippen molar-refractivity contribution >= 4 is 11.8 Å². The van der Waals surface area contributed by atoms with E-state index in [9.17, 15) is 14.7 Å². The number of hydrogen-bond acceptors (Lipinski definition) is 3. The molecular formula is C16H24O4. The summed E-state index contributed by atoms with van der Waals surface area (Å²) in [5.74, 6) is -2.21. The Kier molecular flexibility index (Phi) is 3.80. The molecule has 2 aliphatic rings. The van der Waals surface area contributed by atoms with Crippen molar-refractivity contribution in [3.8, 4) is 0 Å². The van der Waals surface area contributed by atoms with Crippen LogP contribution in [0.1, 0.15) is 53.4 Å². The zero-order valence-electron chi connectivity index (χ0n) is 12.7. The van der Waals surface area contributed by atoms with E-state index in [-0.39, 0.29) is 22.9 Å². The Bertz CT molecular complexity index is 458. The van der Waals surface area contributed by atoms with Crippen molar-refractivity contribution in [1.29, 1.82) is 0 Å². The predicted molar refractivity (Wildman–Crippen MR) is 75.4 cm³/mol. The van der Waals surface area contributed by atoms with Crippen LogP contribution in [0.5, 0.6) is 0 Å². The lowest BCUT2D eigenvalue weighted by Crippen LogP contribution is -2.48. The van der Waals surface area contributed by atoms with E-state index < -0.39 is 11.9 Å². The SMILES string of the molecule is CC(C)(C)OC1CCCC2=CC(=O)C(C(=O)O)CC21C. The van der Waals surface area contributed by atoms with Crippen LogP contribution in [0, 0.1) is 11.3 Å². The third kappa shape index (κ3) is 2.80. The van der Waals surface area contributed by atoms with Gasteiger partial charge in [-0.2, -0.15) is 0 Å². The van der Waals surface area contributed by atoms with Crippen molar-refractivity contribution in [3.63, 3.8) is 0 Å². The molecule has 0 saturated heterocycles. The summed E-state index contributed by atoms with van der Waals surface area (Å²) in [5, 5.41) is 9.24. The smallest absolute Gasteiger partial charge is 0.314 e. The Morgan fingerprint density at radius 1 is 1.45 bits per heavy atom. The molecule has 3 unspecified atom stereocenters. The van der Waals surface area contributed by atoms with E-state index in [1.165, 1.54) is 0 Å². The van der Waals surface area contributed by atoms with Gasteiger partial charge in [-0.1, -0.05) is 12.5 Å². The van der Waals surface area contributed by atoms with Gasteiger partial charge < -0.3 is 9.84 Å². The van der Waals surface area contributed by atoms with Gasteiger partial charge in [-0.15, -0.1) is 0 Å². The monoisotopic (exact) mass is 280 g/mol. The minimum absolute atomic E-state index is 0.0163. The molecule has 0 aromatic heterocycles. The van der Waals surface area contributed by atoms with Gasteiger partial charge in [0.25, 0.3) is 0 Å². The van der Waals surface area contributed by atoms with Gasteiger partial charge in [0.2, 0.25) is 0 Å². The van der Waals surface area contributed by atoms with Crippen LogP contribution in [-0.4, -0.2) is 28.6 Å².